The van der Waals surface area contributed by atoms with Gasteiger partial charge in [0.15, 0.2) is 0 Å². The summed E-state index contributed by atoms with van der Waals surface area (Å²) in [5.74, 6) is 2.63. The number of allylic oxidation sites excluding steroid dienone is 3. The molecule has 2 saturated carbocycles. The van der Waals surface area contributed by atoms with E-state index >= 15 is 0 Å². The molecule has 4 aliphatic rings. The third-order valence-corrected chi connectivity index (χ3v) is 7.40. The van der Waals surface area contributed by atoms with E-state index in [1.807, 2.05) is 0 Å². The van der Waals surface area contributed by atoms with E-state index in [0.717, 1.165) is 30.6 Å². The lowest BCUT2D eigenvalue weighted by atomic mass is 9.48. The summed E-state index contributed by atoms with van der Waals surface area (Å²) in [5, 5.41) is 10.00. The summed E-state index contributed by atoms with van der Waals surface area (Å²) < 4.78 is 0. The van der Waals surface area contributed by atoms with E-state index in [4.69, 9.17) is 0 Å². The predicted octanol–water partition coefficient (Wildman–Crippen LogP) is 4.48. The molecule has 1 heteroatoms. The number of fused-ring (bicyclic) bond motifs is 5. The fraction of sp³-hybridized carbons (Fsp3) is 0.789. The van der Waals surface area contributed by atoms with Crippen LogP contribution in [0.3, 0.4) is 0 Å². The van der Waals surface area contributed by atoms with Gasteiger partial charge in [0.05, 0.1) is 6.10 Å². The lowest BCUT2D eigenvalue weighted by molar-refractivity contribution is -0.0263. The van der Waals surface area contributed by atoms with Crippen molar-refractivity contribution in [1.29, 1.82) is 0 Å². The van der Waals surface area contributed by atoms with Gasteiger partial charge in [0.1, 0.15) is 0 Å². The topological polar surface area (TPSA) is 20.2 Å². The first kappa shape index (κ1) is 13.1. The molecule has 0 aromatic carbocycles. The third-order valence-electron chi connectivity index (χ3n) is 7.40. The van der Waals surface area contributed by atoms with Crippen LogP contribution >= 0.6 is 0 Å². The van der Waals surface area contributed by atoms with Gasteiger partial charge in [-0.3, -0.25) is 0 Å². The summed E-state index contributed by atoms with van der Waals surface area (Å²) in [7, 11) is 0. The minimum atomic E-state index is -0.0760. The SMILES string of the molecule is CC12C=CCC1C1CC=C3CC(O)CCC3(C)[C@H]1CC2. The van der Waals surface area contributed by atoms with Crippen LogP contribution in [0, 0.1) is 28.6 Å². The molecule has 110 valence electrons. The molecule has 6 atom stereocenters. The van der Waals surface area contributed by atoms with Crippen molar-refractivity contribution in [2.24, 2.45) is 28.6 Å². The maximum Gasteiger partial charge on any atom is 0.0577 e. The Labute approximate surface area is 123 Å². The zero-order valence-corrected chi connectivity index (χ0v) is 12.9. The van der Waals surface area contributed by atoms with Gasteiger partial charge >= 0.3 is 0 Å². The molecule has 0 saturated heterocycles. The summed E-state index contributed by atoms with van der Waals surface area (Å²) in [6, 6.07) is 0. The molecule has 0 heterocycles. The van der Waals surface area contributed by atoms with Crippen LogP contribution in [0.4, 0.5) is 0 Å². The van der Waals surface area contributed by atoms with Gasteiger partial charge < -0.3 is 5.11 Å². The van der Waals surface area contributed by atoms with Crippen LogP contribution < -0.4 is 0 Å². The van der Waals surface area contributed by atoms with Crippen LogP contribution in [-0.2, 0) is 0 Å². The lowest BCUT2D eigenvalue weighted by Crippen LogP contribution is -2.49. The largest absolute Gasteiger partial charge is 0.393 e. The minimum Gasteiger partial charge on any atom is -0.393 e. The highest BCUT2D eigenvalue weighted by Gasteiger charge is 2.54. The molecule has 0 amide bonds. The molecule has 0 spiro atoms. The van der Waals surface area contributed by atoms with Crippen molar-refractivity contribution in [2.75, 3.05) is 0 Å². The van der Waals surface area contributed by atoms with Gasteiger partial charge in [0, 0.05) is 0 Å². The van der Waals surface area contributed by atoms with Crippen molar-refractivity contribution < 1.29 is 5.11 Å². The highest BCUT2D eigenvalue weighted by atomic mass is 16.3. The van der Waals surface area contributed by atoms with Crippen molar-refractivity contribution in [2.45, 2.75) is 64.9 Å². The molecule has 5 unspecified atom stereocenters. The summed E-state index contributed by atoms with van der Waals surface area (Å²) >= 11 is 0. The molecule has 0 radical (unpaired) electrons. The van der Waals surface area contributed by atoms with Crippen LogP contribution in [0.5, 0.6) is 0 Å². The van der Waals surface area contributed by atoms with Gasteiger partial charge in [-0.25, -0.2) is 0 Å². The van der Waals surface area contributed by atoms with Crippen LogP contribution in [0.2, 0.25) is 0 Å². The van der Waals surface area contributed by atoms with Crippen molar-refractivity contribution >= 4 is 0 Å². The lowest BCUT2D eigenvalue weighted by Gasteiger charge is -2.57. The molecule has 4 aliphatic carbocycles. The highest BCUT2D eigenvalue weighted by Crippen LogP contribution is 2.63. The van der Waals surface area contributed by atoms with Gasteiger partial charge in [-0.1, -0.05) is 37.6 Å². The van der Waals surface area contributed by atoms with E-state index in [1.54, 1.807) is 5.57 Å². The van der Waals surface area contributed by atoms with Gasteiger partial charge in [0.25, 0.3) is 0 Å². The Bertz CT molecular complexity index is 476. The van der Waals surface area contributed by atoms with E-state index in [0.29, 0.717) is 10.8 Å². The standard InChI is InChI=1S/C19H28O/c1-18-9-3-4-16(18)15-6-5-13-12-14(20)7-11-19(13,2)17(15)8-10-18/h3,5,9,14-17,20H,4,6-8,10-12H2,1-2H3/t14?,15?,16?,17-,18?,19?/m0/s1. The first-order chi connectivity index (χ1) is 9.53. The third kappa shape index (κ3) is 1.65. The highest BCUT2D eigenvalue weighted by molar-refractivity contribution is 5.26. The van der Waals surface area contributed by atoms with Crippen molar-refractivity contribution in [1.82, 2.24) is 0 Å². The number of aliphatic hydroxyl groups excluding tert-OH is 1. The van der Waals surface area contributed by atoms with E-state index in [-0.39, 0.29) is 6.10 Å². The fourth-order valence-corrected chi connectivity index (χ4v) is 6.12. The average Bonchev–Trinajstić information content (AvgIpc) is 2.81. The van der Waals surface area contributed by atoms with Crippen molar-refractivity contribution in [3.63, 3.8) is 0 Å². The zero-order valence-electron chi connectivity index (χ0n) is 12.9. The Morgan fingerprint density at radius 2 is 1.95 bits per heavy atom. The number of hydrogen-bond acceptors (Lipinski definition) is 1. The molecular formula is C19H28O. The number of hydrogen-bond donors (Lipinski definition) is 1. The monoisotopic (exact) mass is 272 g/mol. The molecule has 1 N–H and O–H groups in total. The Morgan fingerprint density at radius 1 is 1.10 bits per heavy atom. The van der Waals surface area contributed by atoms with E-state index in [2.05, 4.69) is 32.1 Å². The summed E-state index contributed by atoms with van der Waals surface area (Å²) in [5.41, 5.74) is 2.47. The molecule has 0 aromatic rings. The second-order valence-electron chi connectivity index (χ2n) is 8.34. The molecule has 0 aliphatic heterocycles. The molecule has 20 heavy (non-hydrogen) atoms. The zero-order chi connectivity index (χ0) is 14.0. The number of rotatable bonds is 0. The fourth-order valence-electron chi connectivity index (χ4n) is 6.12. The van der Waals surface area contributed by atoms with Crippen molar-refractivity contribution in [3.8, 4) is 0 Å². The second-order valence-corrected chi connectivity index (χ2v) is 8.34. The molecule has 4 rings (SSSR count). The van der Waals surface area contributed by atoms with E-state index < -0.39 is 0 Å². The summed E-state index contributed by atoms with van der Waals surface area (Å²) in [6.45, 7) is 5.00. The molecule has 2 fully saturated rings. The smallest absolute Gasteiger partial charge is 0.0577 e. The van der Waals surface area contributed by atoms with Crippen molar-refractivity contribution in [3.05, 3.63) is 23.8 Å². The average molecular weight is 272 g/mol. The Morgan fingerprint density at radius 3 is 2.80 bits per heavy atom. The van der Waals surface area contributed by atoms with Crippen LogP contribution in [0.15, 0.2) is 23.8 Å². The second kappa shape index (κ2) is 4.22. The van der Waals surface area contributed by atoms with E-state index in [1.165, 1.54) is 32.1 Å². The maximum absolute atomic E-state index is 10.00. The molecule has 0 aromatic heterocycles. The Hall–Kier alpha value is -0.560. The predicted molar refractivity (Wildman–Crippen MR) is 82.2 cm³/mol. The Kier molecular flexibility index (Phi) is 2.77. The first-order valence-corrected chi connectivity index (χ1v) is 8.58. The van der Waals surface area contributed by atoms with Crippen LogP contribution in [0.25, 0.3) is 0 Å². The van der Waals surface area contributed by atoms with Gasteiger partial charge in [-0.05, 0) is 73.5 Å². The van der Waals surface area contributed by atoms with Gasteiger partial charge in [-0.15, -0.1) is 0 Å². The molecule has 1 nitrogen and oxygen atoms in total. The quantitative estimate of drug-likeness (QED) is 0.645. The van der Waals surface area contributed by atoms with Gasteiger partial charge in [-0.2, -0.15) is 0 Å². The first-order valence-electron chi connectivity index (χ1n) is 8.58. The summed E-state index contributed by atoms with van der Waals surface area (Å²) in [6.07, 6.45) is 15.9. The maximum atomic E-state index is 10.00. The number of aliphatic hydroxyl groups is 1. The van der Waals surface area contributed by atoms with Crippen LogP contribution in [0.1, 0.15) is 58.8 Å². The Balaban J connectivity index is 1.68. The van der Waals surface area contributed by atoms with E-state index in [9.17, 15) is 5.11 Å². The summed E-state index contributed by atoms with van der Waals surface area (Å²) in [4.78, 5) is 0. The van der Waals surface area contributed by atoms with Crippen LogP contribution in [-0.4, -0.2) is 11.2 Å². The molecule has 0 bridgehead atoms. The normalized spacial score (nSPS) is 53.9. The minimum absolute atomic E-state index is 0.0760. The van der Waals surface area contributed by atoms with Gasteiger partial charge in [0.2, 0.25) is 0 Å². The molecular weight excluding hydrogens is 244 g/mol.